The number of nitrogens with one attached hydrogen (secondary N) is 1. The van der Waals surface area contributed by atoms with Crippen molar-refractivity contribution in [2.24, 2.45) is 5.92 Å². The Bertz CT molecular complexity index is 552. The molecule has 1 aromatic carbocycles. The zero-order valence-electron chi connectivity index (χ0n) is 11.7. The van der Waals surface area contributed by atoms with Crippen molar-refractivity contribution in [1.29, 1.82) is 0 Å². The van der Waals surface area contributed by atoms with E-state index in [2.05, 4.69) is 17.0 Å². The summed E-state index contributed by atoms with van der Waals surface area (Å²) >= 11 is 0. The van der Waals surface area contributed by atoms with Gasteiger partial charge in [-0.25, -0.2) is 13.1 Å². The van der Waals surface area contributed by atoms with Crippen LogP contribution in [0.15, 0.2) is 47.5 Å². The molecule has 3 nitrogen and oxygen atoms in total. The van der Waals surface area contributed by atoms with Crippen LogP contribution in [0.25, 0.3) is 0 Å². The fraction of sp³-hybridized carbons (Fsp3) is 0.400. The first-order valence-corrected chi connectivity index (χ1v) is 7.78. The van der Waals surface area contributed by atoms with Gasteiger partial charge in [0.1, 0.15) is 0 Å². The van der Waals surface area contributed by atoms with Gasteiger partial charge in [0.25, 0.3) is 0 Å². The van der Waals surface area contributed by atoms with E-state index < -0.39 is 10.0 Å². The van der Waals surface area contributed by atoms with Gasteiger partial charge in [-0.3, -0.25) is 0 Å². The zero-order chi connectivity index (χ0) is 14.5. The van der Waals surface area contributed by atoms with Gasteiger partial charge in [-0.2, -0.15) is 0 Å². The summed E-state index contributed by atoms with van der Waals surface area (Å²) in [7, 11) is -3.49. The van der Waals surface area contributed by atoms with Crippen molar-refractivity contribution in [2.75, 3.05) is 0 Å². The van der Waals surface area contributed by atoms with Crippen LogP contribution in [-0.2, 0) is 10.0 Å². The summed E-state index contributed by atoms with van der Waals surface area (Å²) in [5.74, 6) is 0.385. The largest absolute Gasteiger partial charge is 0.241 e. The van der Waals surface area contributed by atoms with Gasteiger partial charge in [0.2, 0.25) is 10.0 Å². The highest BCUT2D eigenvalue weighted by molar-refractivity contribution is 7.89. The molecule has 0 fully saturated rings. The summed E-state index contributed by atoms with van der Waals surface area (Å²) in [6.45, 7) is 9.52. The van der Waals surface area contributed by atoms with E-state index in [9.17, 15) is 8.42 Å². The number of rotatable bonds is 6. The molecule has 0 bridgehead atoms. The lowest BCUT2D eigenvalue weighted by Crippen LogP contribution is -2.34. The normalized spacial score (nSPS) is 13.1. The molecule has 0 aliphatic carbocycles. The molecule has 0 saturated heterocycles. The predicted molar refractivity (Wildman–Crippen MR) is 78.5 cm³/mol. The van der Waals surface area contributed by atoms with Gasteiger partial charge in [-0.05, 0) is 37.5 Å². The molecule has 0 amide bonds. The van der Waals surface area contributed by atoms with Crippen molar-refractivity contribution in [2.45, 2.75) is 38.1 Å². The predicted octanol–water partition coefficient (Wildman–Crippen LogP) is 3.03. The van der Waals surface area contributed by atoms with Crippen molar-refractivity contribution in [1.82, 2.24) is 4.72 Å². The first-order valence-electron chi connectivity index (χ1n) is 6.30. The molecule has 0 spiro atoms. The minimum atomic E-state index is -3.49. The van der Waals surface area contributed by atoms with Gasteiger partial charge >= 0.3 is 0 Å². The van der Waals surface area contributed by atoms with E-state index in [1.165, 1.54) is 0 Å². The Morgan fingerprint density at radius 1 is 1.32 bits per heavy atom. The van der Waals surface area contributed by atoms with Crippen LogP contribution in [0, 0.1) is 12.8 Å². The summed E-state index contributed by atoms with van der Waals surface area (Å²) in [5.41, 5.74) is 3.69. The number of hydrogen-bond acceptors (Lipinski definition) is 2. The van der Waals surface area contributed by atoms with Crippen molar-refractivity contribution >= 4 is 10.0 Å². The highest BCUT2D eigenvalue weighted by atomic mass is 32.2. The summed E-state index contributed by atoms with van der Waals surface area (Å²) in [4.78, 5) is 0.282. The lowest BCUT2D eigenvalue weighted by Gasteiger charge is -2.16. The Hall–Kier alpha value is -1.35. The molecule has 0 aliphatic heterocycles. The number of hydrogen-bond donors (Lipinski definition) is 1. The standard InChI is InChI=1S/C15H21NO2S/c1-5-6-14(11-12(2)3)16-19(17,18)15-9-7-13(4)8-10-15/h6-10,12,14,16H,1,11H2,2-4H3/t14-/m1/s1. The van der Waals surface area contributed by atoms with Gasteiger partial charge in [-0.1, -0.05) is 38.1 Å². The summed E-state index contributed by atoms with van der Waals surface area (Å²) in [6, 6.07) is 6.53. The molecule has 1 atom stereocenters. The van der Waals surface area contributed by atoms with E-state index in [-0.39, 0.29) is 10.9 Å². The van der Waals surface area contributed by atoms with Gasteiger partial charge in [0, 0.05) is 6.04 Å². The zero-order valence-corrected chi connectivity index (χ0v) is 12.5. The average Bonchev–Trinajstić information content (AvgIpc) is 2.28. The van der Waals surface area contributed by atoms with Gasteiger partial charge in [0.05, 0.1) is 4.90 Å². The number of sulfonamides is 1. The topological polar surface area (TPSA) is 46.2 Å². The van der Waals surface area contributed by atoms with Crippen LogP contribution >= 0.6 is 0 Å². The van der Waals surface area contributed by atoms with Crippen molar-refractivity contribution in [3.8, 4) is 0 Å². The second-order valence-corrected chi connectivity index (χ2v) is 6.76. The molecule has 4 heteroatoms. The molecule has 1 N–H and O–H groups in total. The maximum Gasteiger partial charge on any atom is 0.241 e. The number of benzene rings is 1. The van der Waals surface area contributed by atoms with Crippen LogP contribution in [0.2, 0.25) is 0 Å². The number of aryl methyl sites for hydroxylation is 1. The molecule has 0 unspecified atom stereocenters. The molecule has 0 aliphatic rings. The molecule has 0 heterocycles. The first kappa shape index (κ1) is 15.7. The molecule has 0 saturated carbocycles. The minimum absolute atomic E-state index is 0.274. The van der Waals surface area contributed by atoms with Crippen molar-refractivity contribution in [3.63, 3.8) is 0 Å². The third-order valence-corrected chi connectivity index (χ3v) is 4.19. The van der Waals surface area contributed by atoms with E-state index in [1.54, 1.807) is 30.3 Å². The smallest absolute Gasteiger partial charge is 0.207 e. The molecular weight excluding hydrogens is 258 g/mol. The van der Waals surface area contributed by atoms with Crippen LogP contribution in [0.5, 0.6) is 0 Å². The summed E-state index contributed by atoms with van der Waals surface area (Å²) < 4.78 is 27.1. The minimum Gasteiger partial charge on any atom is -0.207 e. The van der Waals surface area contributed by atoms with Gasteiger partial charge in [-0.15, -0.1) is 5.73 Å². The van der Waals surface area contributed by atoms with Crippen LogP contribution in [0.4, 0.5) is 0 Å². The third-order valence-electron chi connectivity index (χ3n) is 2.68. The summed E-state index contributed by atoms with van der Waals surface area (Å²) in [5, 5.41) is 0. The van der Waals surface area contributed by atoms with E-state index in [0.717, 1.165) is 5.56 Å². The van der Waals surface area contributed by atoms with Crippen LogP contribution < -0.4 is 4.72 Å². The highest BCUT2D eigenvalue weighted by Gasteiger charge is 2.18. The van der Waals surface area contributed by atoms with E-state index in [0.29, 0.717) is 12.3 Å². The van der Waals surface area contributed by atoms with E-state index in [4.69, 9.17) is 0 Å². The van der Waals surface area contributed by atoms with Crippen molar-refractivity contribution < 1.29 is 8.42 Å². The molecular formula is C15H21NO2S. The molecule has 1 aromatic rings. The monoisotopic (exact) mass is 279 g/mol. The Labute approximate surface area is 116 Å². The highest BCUT2D eigenvalue weighted by Crippen LogP contribution is 2.13. The van der Waals surface area contributed by atoms with Crippen LogP contribution in [-0.4, -0.2) is 14.5 Å². The molecule has 0 aromatic heterocycles. The maximum absolute atomic E-state index is 12.2. The Morgan fingerprint density at radius 3 is 2.37 bits per heavy atom. The fourth-order valence-corrected chi connectivity index (χ4v) is 2.98. The lowest BCUT2D eigenvalue weighted by atomic mass is 10.0. The van der Waals surface area contributed by atoms with Crippen molar-refractivity contribution in [3.05, 3.63) is 48.2 Å². The fourth-order valence-electron chi connectivity index (χ4n) is 1.79. The van der Waals surface area contributed by atoms with E-state index >= 15 is 0 Å². The Morgan fingerprint density at radius 2 is 1.89 bits per heavy atom. The van der Waals surface area contributed by atoms with Gasteiger partial charge < -0.3 is 0 Å². The molecule has 104 valence electrons. The SMILES string of the molecule is C=C=C[C@H](CC(C)C)NS(=O)(=O)c1ccc(C)cc1. The average molecular weight is 279 g/mol. The third kappa shape index (κ3) is 5.03. The Balaban J connectivity index is 2.93. The second kappa shape index (κ2) is 6.71. The molecule has 19 heavy (non-hydrogen) atoms. The lowest BCUT2D eigenvalue weighted by molar-refractivity contribution is 0.507. The maximum atomic E-state index is 12.2. The second-order valence-electron chi connectivity index (χ2n) is 5.04. The Kier molecular flexibility index (Phi) is 5.55. The molecule has 1 rings (SSSR count). The summed E-state index contributed by atoms with van der Waals surface area (Å²) in [6.07, 6.45) is 2.37. The quantitative estimate of drug-likeness (QED) is 0.814. The van der Waals surface area contributed by atoms with Crippen LogP contribution in [0.1, 0.15) is 25.8 Å². The van der Waals surface area contributed by atoms with E-state index in [1.807, 2.05) is 20.8 Å². The molecule has 0 radical (unpaired) electrons. The first-order chi connectivity index (χ1) is 8.85. The van der Waals surface area contributed by atoms with Gasteiger partial charge in [0.15, 0.2) is 0 Å². The van der Waals surface area contributed by atoms with Crippen LogP contribution in [0.3, 0.4) is 0 Å².